The topological polar surface area (TPSA) is 26.8 Å². The molecule has 0 aromatic rings. The normalized spacial score (nSPS) is 19.1. The van der Waals surface area contributed by atoms with Gasteiger partial charge in [-0.05, 0) is 19.3 Å². The predicted octanol–water partition coefficient (Wildman–Crippen LogP) is 2.11. The Hall–Kier alpha value is -0.770. The number of rotatable bonds is 4. The van der Waals surface area contributed by atoms with E-state index in [1.165, 1.54) is 6.42 Å². The third-order valence-electron chi connectivity index (χ3n) is 3.76. The van der Waals surface area contributed by atoms with Crippen LogP contribution in [0.3, 0.4) is 0 Å². The third-order valence-corrected chi connectivity index (χ3v) is 3.76. The monoisotopic (exact) mass is 255 g/mol. The standard InChI is InChI=1S/C14H29N3O/c1-6-13(4)16-7-9-17(10-8-16)14(18)15(5)11-12(2)3/h12-13H,6-11H2,1-5H3. The lowest BCUT2D eigenvalue weighted by molar-refractivity contribution is 0.0962. The molecule has 0 radical (unpaired) electrons. The van der Waals surface area contributed by atoms with Crippen LogP contribution in [0.4, 0.5) is 4.79 Å². The minimum Gasteiger partial charge on any atom is -0.327 e. The van der Waals surface area contributed by atoms with Gasteiger partial charge in [0.1, 0.15) is 0 Å². The van der Waals surface area contributed by atoms with Gasteiger partial charge in [0.2, 0.25) is 0 Å². The zero-order valence-corrected chi connectivity index (χ0v) is 12.6. The fraction of sp³-hybridized carbons (Fsp3) is 0.929. The molecule has 1 aliphatic heterocycles. The van der Waals surface area contributed by atoms with Crippen molar-refractivity contribution < 1.29 is 4.79 Å². The number of nitrogens with zero attached hydrogens (tertiary/aromatic N) is 3. The van der Waals surface area contributed by atoms with Crippen molar-refractivity contribution in [3.8, 4) is 0 Å². The van der Waals surface area contributed by atoms with E-state index in [4.69, 9.17) is 0 Å². The highest BCUT2D eigenvalue weighted by Crippen LogP contribution is 2.10. The van der Waals surface area contributed by atoms with Gasteiger partial charge in [-0.2, -0.15) is 0 Å². The lowest BCUT2D eigenvalue weighted by Crippen LogP contribution is -2.54. The molecular weight excluding hydrogens is 226 g/mol. The van der Waals surface area contributed by atoms with Crippen LogP contribution in [-0.4, -0.2) is 66.5 Å². The van der Waals surface area contributed by atoms with Gasteiger partial charge in [-0.15, -0.1) is 0 Å². The average Bonchev–Trinajstić information content (AvgIpc) is 2.36. The molecule has 0 saturated carbocycles. The second-order valence-corrected chi connectivity index (χ2v) is 5.84. The molecule has 1 rings (SSSR count). The van der Waals surface area contributed by atoms with Crippen molar-refractivity contribution in [2.75, 3.05) is 39.8 Å². The van der Waals surface area contributed by atoms with Gasteiger partial charge in [0, 0.05) is 45.8 Å². The molecule has 1 heterocycles. The number of carbonyl (C=O) groups is 1. The number of hydrogen-bond donors (Lipinski definition) is 0. The van der Waals surface area contributed by atoms with Crippen LogP contribution in [0.1, 0.15) is 34.1 Å². The summed E-state index contributed by atoms with van der Waals surface area (Å²) in [5.41, 5.74) is 0. The molecule has 1 fully saturated rings. The molecule has 106 valence electrons. The molecule has 0 aromatic carbocycles. The molecule has 1 aliphatic rings. The summed E-state index contributed by atoms with van der Waals surface area (Å²) in [5.74, 6) is 0.528. The van der Waals surface area contributed by atoms with Crippen molar-refractivity contribution in [2.24, 2.45) is 5.92 Å². The van der Waals surface area contributed by atoms with Gasteiger partial charge in [0.15, 0.2) is 0 Å². The molecule has 1 atom stereocenters. The average molecular weight is 255 g/mol. The van der Waals surface area contributed by atoms with Crippen LogP contribution in [0.25, 0.3) is 0 Å². The Kier molecular flexibility index (Phi) is 5.93. The molecule has 18 heavy (non-hydrogen) atoms. The van der Waals surface area contributed by atoms with Crippen LogP contribution in [-0.2, 0) is 0 Å². The molecule has 0 N–H and O–H groups in total. The van der Waals surface area contributed by atoms with E-state index in [2.05, 4.69) is 32.6 Å². The van der Waals surface area contributed by atoms with E-state index in [-0.39, 0.29) is 6.03 Å². The van der Waals surface area contributed by atoms with Crippen LogP contribution in [0, 0.1) is 5.92 Å². The second kappa shape index (κ2) is 6.98. The molecule has 1 saturated heterocycles. The molecule has 0 aliphatic carbocycles. The lowest BCUT2D eigenvalue weighted by atomic mass is 10.2. The number of piperazine rings is 1. The van der Waals surface area contributed by atoms with Crippen LogP contribution in [0.2, 0.25) is 0 Å². The van der Waals surface area contributed by atoms with Crippen molar-refractivity contribution in [3.05, 3.63) is 0 Å². The van der Waals surface area contributed by atoms with E-state index >= 15 is 0 Å². The first kappa shape index (κ1) is 15.3. The number of urea groups is 1. The predicted molar refractivity (Wildman–Crippen MR) is 75.8 cm³/mol. The van der Waals surface area contributed by atoms with Gasteiger partial charge in [-0.25, -0.2) is 4.79 Å². The van der Waals surface area contributed by atoms with Gasteiger partial charge >= 0.3 is 6.03 Å². The first-order chi connectivity index (χ1) is 8.45. The summed E-state index contributed by atoms with van der Waals surface area (Å²) in [5, 5.41) is 0. The molecule has 0 spiro atoms. The Labute approximate surface area is 112 Å². The first-order valence-corrected chi connectivity index (χ1v) is 7.19. The van der Waals surface area contributed by atoms with E-state index < -0.39 is 0 Å². The second-order valence-electron chi connectivity index (χ2n) is 5.84. The minimum absolute atomic E-state index is 0.188. The minimum atomic E-state index is 0.188. The van der Waals surface area contributed by atoms with Crippen LogP contribution >= 0.6 is 0 Å². The molecule has 2 amide bonds. The summed E-state index contributed by atoms with van der Waals surface area (Å²) in [7, 11) is 1.91. The zero-order chi connectivity index (χ0) is 13.7. The Morgan fingerprint density at radius 2 is 1.72 bits per heavy atom. The quantitative estimate of drug-likeness (QED) is 0.769. The van der Waals surface area contributed by atoms with Crippen LogP contribution in [0.5, 0.6) is 0 Å². The van der Waals surface area contributed by atoms with Crippen molar-refractivity contribution in [2.45, 2.75) is 40.2 Å². The molecule has 1 unspecified atom stereocenters. The SMILES string of the molecule is CCC(C)N1CCN(C(=O)N(C)CC(C)C)CC1. The third kappa shape index (κ3) is 4.16. The summed E-state index contributed by atoms with van der Waals surface area (Å²) in [4.78, 5) is 18.5. The summed E-state index contributed by atoms with van der Waals surface area (Å²) < 4.78 is 0. The number of carbonyl (C=O) groups excluding carboxylic acids is 1. The van der Waals surface area contributed by atoms with E-state index in [0.29, 0.717) is 12.0 Å². The van der Waals surface area contributed by atoms with Gasteiger partial charge in [0.05, 0.1) is 0 Å². The Bertz CT molecular complexity index is 260. The van der Waals surface area contributed by atoms with Gasteiger partial charge in [-0.1, -0.05) is 20.8 Å². The maximum Gasteiger partial charge on any atom is 0.319 e. The van der Waals surface area contributed by atoms with E-state index in [1.807, 2.05) is 16.8 Å². The first-order valence-electron chi connectivity index (χ1n) is 7.19. The Balaban J connectivity index is 2.40. The van der Waals surface area contributed by atoms with Gasteiger partial charge < -0.3 is 9.80 Å². The highest BCUT2D eigenvalue weighted by Gasteiger charge is 2.25. The smallest absolute Gasteiger partial charge is 0.319 e. The van der Waals surface area contributed by atoms with Crippen molar-refractivity contribution in [1.29, 1.82) is 0 Å². The maximum absolute atomic E-state index is 12.2. The number of hydrogen-bond acceptors (Lipinski definition) is 2. The van der Waals surface area contributed by atoms with Gasteiger partial charge in [0.25, 0.3) is 0 Å². The summed E-state index contributed by atoms with van der Waals surface area (Å²) in [6.45, 7) is 13.4. The maximum atomic E-state index is 12.2. The van der Waals surface area contributed by atoms with Crippen molar-refractivity contribution in [1.82, 2.24) is 14.7 Å². The molecule has 4 nitrogen and oxygen atoms in total. The lowest BCUT2D eigenvalue weighted by Gasteiger charge is -2.39. The fourth-order valence-corrected chi connectivity index (χ4v) is 2.48. The number of amides is 2. The summed E-state index contributed by atoms with van der Waals surface area (Å²) >= 11 is 0. The van der Waals surface area contributed by atoms with Crippen LogP contribution in [0.15, 0.2) is 0 Å². The molecular formula is C14H29N3O. The molecule has 4 heteroatoms. The highest BCUT2D eigenvalue weighted by atomic mass is 16.2. The highest BCUT2D eigenvalue weighted by molar-refractivity contribution is 5.74. The Morgan fingerprint density at radius 1 is 1.17 bits per heavy atom. The van der Waals surface area contributed by atoms with Crippen molar-refractivity contribution in [3.63, 3.8) is 0 Å². The molecule has 0 aromatic heterocycles. The van der Waals surface area contributed by atoms with E-state index in [1.54, 1.807) is 0 Å². The van der Waals surface area contributed by atoms with Crippen LogP contribution < -0.4 is 0 Å². The van der Waals surface area contributed by atoms with Gasteiger partial charge in [-0.3, -0.25) is 4.90 Å². The fourth-order valence-electron chi connectivity index (χ4n) is 2.48. The Morgan fingerprint density at radius 3 is 2.17 bits per heavy atom. The summed E-state index contributed by atoms with van der Waals surface area (Å²) in [6, 6.07) is 0.822. The van der Waals surface area contributed by atoms with Crippen molar-refractivity contribution >= 4 is 6.03 Å². The zero-order valence-electron chi connectivity index (χ0n) is 12.6. The molecule has 0 bridgehead atoms. The van der Waals surface area contributed by atoms with E-state index in [9.17, 15) is 4.79 Å². The van der Waals surface area contributed by atoms with E-state index in [0.717, 1.165) is 32.7 Å². The summed E-state index contributed by atoms with van der Waals surface area (Å²) in [6.07, 6.45) is 1.18. The largest absolute Gasteiger partial charge is 0.327 e.